The summed E-state index contributed by atoms with van der Waals surface area (Å²) < 4.78 is 15.1. The number of allylic oxidation sites excluding steroid dienone is 1. The van der Waals surface area contributed by atoms with E-state index in [4.69, 9.17) is 0 Å². The van der Waals surface area contributed by atoms with Crippen molar-refractivity contribution in [1.29, 1.82) is 0 Å². The van der Waals surface area contributed by atoms with Crippen molar-refractivity contribution in [3.05, 3.63) is 71.7 Å². The van der Waals surface area contributed by atoms with Gasteiger partial charge in [0.15, 0.2) is 0 Å². The second kappa shape index (κ2) is 4.95. The molecule has 0 spiro atoms. The number of para-hydroxylation sites is 2. The molecule has 2 N–H and O–H groups in total. The maximum Gasteiger partial charge on any atom is 0.352 e. The van der Waals surface area contributed by atoms with Crippen LogP contribution in [0.5, 0.6) is 0 Å². The summed E-state index contributed by atoms with van der Waals surface area (Å²) >= 11 is 0. The molecule has 1 aliphatic heterocycles. The molecule has 114 valence electrons. The summed E-state index contributed by atoms with van der Waals surface area (Å²) in [6.45, 7) is 0. The van der Waals surface area contributed by atoms with Gasteiger partial charge in [0.2, 0.25) is 5.95 Å². The molecule has 4 rings (SSSR count). The van der Waals surface area contributed by atoms with Crippen LogP contribution in [-0.2, 0) is 4.79 Å². The summed E-state index contributed by atoms with van der Waals surface area (Å²) in [7, 11) is 0. The molecular weight excluding hydrogens is 297 g/mol. The Balaban J connectivity index is 1.95. The van der Waals surface area contributed by atoms with Crippen LogP contribution in [0.25, 0.3) is 11.0 Å². The first kappa shape index (κ1) is 13.5. The average Bonchev–Trinajstić information content (AvgIpc) is 2.93. The molecule has 23 heavy (non-hydrogen) atoms. The van der Waals surface area contributed by atoms with Gasteiger partial charge in [0, 0.05) is 0 Å². The van der Waals surface area contributed by atoms with Crippen molar-refractivity contribution in [2.45, 2.75) is 6.04 Å². The fourth-order valence-electron chi connectivity index (χ4n) is 2.84. The molecule has 0 amide bonds. The predicted octanol–water partition coefficient (Wildman–Crippen LogP) is 3.16. The van der Waals surface area contributed by atoms with E-state index < -0.39 is 5.97 Å². The molecule has 3 aromatic rings. The number of hydrogen-bond acceptors (Lipinski definition) is 3. The molecule has 0 saturated carbocycles. The number of benzene rings is 2. The minimum atomic E-state index is -1.06. The molecule has 0 bridgehead atoms. The van der Waals surface area contributed by atoms with Gasteiger partial charge in [0.1, 0.15) is 11.5 Å². The van der Waals surface area contributed by atoms with Crippen LogP contribution < -0.4 is 5.32 Å². The molecule has 1 aliphatic rings. The highest BCUT2D eigenvalue weighted by Gasteiger charge is 2.26. The molecular formula is C17H12FN3O2. The summed E-state index contributed by atoms with van der Waals surface area (Å²) in [5.41, 5.74) is 2.49. The fraction of sp³-hybridized carbons (Fsp3) is 0.0588. The van der Waals surface area contributed by atoms with Crippen LogP contribution in [0.4, 0.5) is 10.3 Å². The number of aromatic nitrogens is 2. The van der Waals surface area contributed by atoms with Crippen LogP contribution in [0.1, 0.15) is 11.6 Å². The lowest BCUT2D eigenvalue weighted by atomic mass is 10.0. The zero-order chi connectivity index (χ0) is 16.0. The normalized spacial score (nSPS) is 16.6. The highest BCUT2D eigenvalue weighted by molar-refractivity contribution is 5.92. The quantitative estimate of drug-likeness (QED) is 0.763. The van der Waals surface area contributed by atoms with Gasteiger partial charge in [-0.3, -0.25) is 4.57 Å². The van der Waals surface area contributed by atoms with Gasteiger partial charge in [-0.05, 0) is 35.9 Å². The fourth-order valence-corrected chi connectivity index (χ4v) is 2.84. The van der Waals surface area contributed by atoms with Gasteiger partial charge in [-0.1, -0.05) is 24.3 Å². The number of imidazole rings is 1. The smallest absolute Gasteiger partial charge is 0.352 e. The molecule has 1 aromatic heterocycles. The van der Waals surface area contributed by atoms with E-state index in [9.17, 15) is 14.3 Å². The van der Waals surface area contributed by atoms with E-state index in [1.807, 2.05) is 28.8 Å². The second-order valence-corrected chi connectivity index (χ2v) is 5.30. The zero-order valence-corrected chi connectivity index (χ0v) is 11.9. The van der Waals surface area contributed by atoms with Crippen LogP contribution in [0.3, 0.4) is 0 Å². The Morgan fingerprint density at radius 3 is 2.65 bits per heavy atom. The Bertz CT molecular complexity index is 944. The van der Waals surface area contributed by atoms with Gasteiger partial charge in [-0.25, -0.2) is 14.2 Å². The minimum absolute atomic E-state index is 0.0575. The Morgan fingerprint density at radius 2 is 1.91 bits per heavy atom. The number of anilines is 1. The van der Waals surface area contributed by atoms with Crippen LogP contribution in [0.15, 0.2) is 60.3 Å². The van der Waals surface area contributed by atoms with Crippen molar-refractivity contribution in [3.8, 4) is 0 Å². The van der Waals surface area contributed by atoms with Gasteiger partial charge in [0.25, 0.3) is 0 Å². The molecule has 1 atom stereocenters. The number of halogens is 1. The van der Waals surface area contributed by atoms with E-state index in [1.54, 1.807) is 18.2 Å². The maximum absolute atomic E-state index is 13.2. The number of carboxylic acids is 1. The van der Waals surface area contributed by atoms with Crippen LogP contribution in [-0.4, -0.2) is 20.6 Å². The third-order valence-corrected chi connectivity index (χ3v) is 3.89. The first-order chi connectivity index (χ1) is 11.1. The summed E-state index contributed by atoms with van der Waals surface area (Å²) in [5, 5.41) is 12.2. The van der Waals surface area contributed by atoms with Crippen LogP contribution >= 0.6 is 0 Å². The molecule has 2 heterocycles. The van der Waals surface area contributed by atoms with E-state index in [0.29, 0.717) is 5.95 Å². The molecule has 2 aromatic carbocycles. The van der Waals surface area contributed by atoms with Crippen LogP contribution in [0, 0.1) is 5.82 Å². The molecule has 0 aliphatic carbocycles. The van der Waals surface area contributed by atoms with E-state index >= 15 is 0 Å². The van der Waals surface area contributed by atoms with Gasteiger partial charge in [-0.15, -0.1) is 0 Å². The van der Waals surface area contributed by atoms with Gasteiger partial charge in [-0.2, -0.15) is 0 Å². The molecule has 0 radical (unpaired) electrons. The number of nitrogens with zero attached hydrogens (tertiary/aromatic N) is 2. The third-order valence-electron chi connectivity index (χ3n) is 3.89. The maximum atomic E-state index is 13.2. The van der Waals surface area contributed by atoms with E-state index in [2.05, 4.69) is 10.3 Å². The number of rotatable bonds is 2. The monoisotopic (exact) mass is 309 g/mol. The van der Waals surface area contributed by atoms with Crippen molar-refractivity contribution in [2.75, 3.05) is 5.32 Å². The highest BCUT2D eigenvalue weighted by Crippen LogP contribution is 2.34. The number of aliphatic carboxylic acids is 1. The second-order valence-electron chi connectivity index (χ2n) is 5.30. The molecule has 5 nitrogen and oxygen atoms in total. The Labute approximate surface area is 130 Å². The predicted molar refractivity (Wildman–Crippen MR) is 83.6 cm³/mol. The van der Waals surface area contributed by atoms with Crippen molar-refractivity contribution in [2.24, 2.45) is 0 Å². The van der Waals surface area contributed by atoms with E-state index in [-0.39, 0.29) is 17.6 Å². The average molecular weight is 309 g/mol. The largest absolute Gasteiger partial charge is 0.477 e. The first-order valence-electron chi connectivity index (χ1n) is 7.08. The lowest BCUT2D eigenvalue weighted by molar-refractivity contribution is -0.132. The Kier molecular flexibility index (Phi) is 2.90. The molecule has 6 heteroatoms. The topological polar surface area (TPSA) is 67.1 Å². The summed E-state index contributed by atoms with van der Waals surface area (Å²) in [6, 6.07) is 13.2. The number of fused-ring (bicyclic) bond motifs is 3. The van der Waals surface area contributed by atoms with E-state index in [0.717, 1.165) is 16.6 Å². The van der Waals surface area contributed by atoms with Crippen molar-refractivity contribution < 1.29 is 14.3 Å². The van der Waals surface area contributed by atoms with Crippen molar-refractivity contribution in [3.63, 3.8) is 0 Å². The summed E-state index contributed by atoms with van der Waals surface area (Å²) in [6.07, 6.45) is 1.61. The zero-order valence-electron chi connectivity index (χ0n) is 11.9. The summed E-state index contributed by atoms with van der Waals surface area (Å²) in [4.78, 5) is 15.8. The molecule has 0 unspecified atom stereocenters. The first-order valence-corrected chi connectivity index (χ1v) is 7.08. The number of nitrogens with one attached hydrogen (secondary N) is 1. The Morgan fingerprint density at radius 1 is 1.17 bits per heavy atom. The van der Waals surface area contributed by atoms with Crippen molar-refractivity contribution in [1.82, 2.24) is 9.55 Å². The number of carboxylic acid groups (broad SMARTS) is 1. The van der Waals surface area contributed by atoms with Crippen molar-refractivity contribution >= 4 is 23.0 Å². The third kappa shape index (κ3) is 2.15. The minimum Gasteiger partial charge on any atom is -0.477 e. The lowest BCUT2D eigenvalue weighted by Crippen LogP contribution is -2.23. The summed E-state index contributed by atoms with van der Waals surface area (Å²) in [5.74, 6) is -0.934. The van der Waals surface area contributed by atoms with Crippen LogP contribution in [0.2, 0.25) is 0 Å². The van der Waals surface area contributed by atoms with Gasteiger partial charge < -0.3 is 10.4 Å². The van der Waals surface area contributed by atoms with E-state index in [1.165, 1.54) is 12.1 Å². The highest BCUT2D eigenvalue weighted by atomic mass is 19.1. The van der Waals surface area contributed by atoms with Gasteiger partial charge >= 0.3 is 5.97 Å². The number of carbonyl (C=O) groups is 1. The molecule has 0 fully saturated rings. The lowest BCUT2D eigenvalue weighted by Gasteiger charge is -2.24. The Hall–Kier alpha value is -3.15. The van der Waals surface area contributed by atoms with Gasteiger partial charge in [0.05, 0.1) is 17.1 Å². The number of hydrogen-bond donors (Lipinski definition) is 2. The SMILES string of the molecule is O=C(O)C1=C[C@H](c2ccc(F)cc2)n2c(nc3ccccc32)N1. The standard InChI is InChI=1S/C17H12FN3O2/c18-11-7-5-10(6-8-11)15-9-13(16(22)23)20-17-19-12-3-1-2-4-14(12)21(15)17/h1-9,15H,(H,19,20)(H,22,23)/t15-/m1/s1. The molecule has 0 saturated heterocycles.